The highest BCUT2D eigenvalue weighted by molar-refractivity contribution is 7.15. The third kappa shape index (κ3) is 3.93. The number of anilines is 1. The highest BCUT2D eigenvalue weighted by Crippen LogP contribution is 2.27. The summed E-state index contributed by atoms with van der Waals surface area (Å²) in [6.07, 6.45) is 1.82. The smallest absolute Gasteiger partial charge is 0.246 e. The fourth-order valence-corrected chi connectivity index (χ4v) is 3.64. The van der Waals surface area contributed by atoms with Gasteiger partial charge in [0.1, 0.15) is 5.82 Å². The maximum Gasteiger partial charge on any atom is 0.246 e. The number of carbonyl (C=O) groups excluding carboxylic acids is 2. The van der Waals surface area contributed by atoms with Crippen molar-refractivity contribution in [1.82, 2.24) is 9.88 Å². The van der Waals surface area contributed by atoms with E-state index in [2.05, 4.69) is 16.9 Å². The minimum atomic E-state index is -0.267. The standard InChI is InChI=1S/C18H18FN3O2S/c1-3-16(23)22-9-13(10-22)17(24)21-18-20-11(2)15(25-18)8-12-5-4-6-14(19)7-12/h3-7,13H,1,8-10H2,2H3,(H,20,21,24). The Hall–Kier alpha value is -2.54. The van der Waals surface area contributed by atoms with E-state index in [0.717, 1.165) is 16.1 Å². The lowest BCUT2D eigenvalue weighted by Gasteiger charge is -2.37. The van der Waals surface area contributed by atoms with Gasteiger partial charge in [-0.2, -0.15) is 0 Å². The number of carbonyl (C=O) groups is 2. The Kier molecular flexibility index (Phi) is 4.94. The SMILES string of the molecule is C=CC(=O)N1CC(C(=O)Nc2nc(C)c(Cc3cccc(F)c3)s2)C1. The number of rotatable bonds is 5. The Labute approximate surface area is 149 Å². The lowest BCUT2D eigenvalue weighted by Crippen LogP contribution is -2.53. The van der Waals surface area contributed by atoms with E-state index in [1.807, 2.05) is 13.0 Å². The fourth-order valence-electron chi connectivity index (χ4n) is 2.64. The van der Waals surface area contributed by atoms with E-state index < -0.39 is 0 Å². The molecule has 2 amide bonds. The van der Waals surface area contributed by atoms with E-state index >= 15 is 0 Å². The Bertz CT molecular complexity index is 827. The van der Waals surface area contributed by atoms with Gasteiger partial charge in [-0.3, -0.25) is 9.59 Å². The molecule has 0 aliphatic carbocycles. The van der Waals surface area contributed by atoms with E-state index in [0.29, 0.717) is 24.6 Å². The quantitative estimate of drug-likeness (QED) is 0.835. The van der Waals surface area contributed by atoms with Crippen LogP contribution in [0.1, 0.15) is 16.1 Å². The number of hydrogen-bond acceptors (Lipinski definition) is 4. The molecule has 1 aliphatic rings. The normalized spacial score (nSPS) is 14.1. The highest BCUT2D eigenvalue weighted by Gasteiger charge is 2.35. The molecule has 0 radical (unpaired) electrons. The second kappa shape index (κ2) is 7.14. The van der Waals surface area contributed by atoms with Crippen molar-refractivity contribution in [1.29, 1.82) is 0 Å². The molecule has 3 rings (SSSR count). The summed E-state index contributed by atoms with van der Waals surface area (Å²) < 4.78 is 13.3. The minimum Gasteiger partial charge on any atom is -0.337 e. The van der Waals surface area contributed by atoms with E-state index in [1.54, 1.807) is 11.0 Å². The lowest BCUT2D eigenvalue weighted by molar-refractivity contribution is -0.137. The van der Waals surface area contributed by atoms with E-state index in [4.69, 9.17) is 0 Å². The van der Waals surface area contributed by atoms with Gasteiger partial charge in [-0.05, 0) is 30.7 Å². The van der Waals surface area contributed by atoms with Gasteiger partial charge in [0, 0.05) is 24.4 Å². The highest BCUT2D eigenvalue weighted by atomic mass is 32.1. The molecule has 1 aromatic heterocycles. The molecule has 0 saturated carbocycles. The minimum absolute atomic E-state index is 0.140. The summed E-state index contributed by atoms with van der Waals surface area (Å²) in [5.41, 5.74) is 1.68. The molecule has 1 aliphatic heterocycles. The summed E-state index contributed by atoms with van der Waals surface area (Å²) in [4.78, 5) is 30.6. The number of aryl methyl sites for hydroxylation is 1. The van der Waals surface area contributed by atoms with Gasteiger partial charge < -0.3 is 10.2 Å². The predicted molar refractivity (Wildman–Crippen MR) is 95.0 cm³/mol. The Morgan fingerprint density at radius 2 is 2.24 bits per heavy atom. The fraction of sp³-hybridized carbons (Fsp3) is 0.278. The molecule has 25 heavy (non-hydrogen) atoms. The number of nitrogens with one attached hydrogen (secondary N) is 1. The van der Waals surface area contributed by atoms with Gasteiger partial charge in [-0.1, -0.05) is 18.7 Å². The number of halogens is 1. The summed E-state index contributed by atoms with van der Waals surface area (Å²) in [6.45, 7) is 6.10. The zero-order valence-corrected chi connectivity index (χ0v) is 14.6. The zero-order valence-electron chi connectivity index (χ0n) is 13.8. The number of likely N-dealkylation sites (tertiary alicyclic amines) is 1. The van der Waals surface area contributed by atoms with Gasteiger partial charge >= 0.3 is 0 Å². The van der Waals surface area contributed by atoms with Crippen LogP contribution in [-0.2, 0) is 16.0 Å². The van der Waals surface area contributed by atoms with Gasteiger partial charge in [0.2, 0.25) is 11.8 Å². The van der Waals surface area contributed by atoms with Crippen molar-refractivity contribution >= 4 is 28.3 Å². The van der Waals surface area contributed by atoms with Crippen molar-refractivity contribution < 1.29 is 14.0 Å². The molecule has 1 N–H and O–H groups in total. The molecule has 7 heteroatoms. The molecule has 0 bridgehead atoms. The molecule has 1 aromatic carbocycles. The van der Waals surface area contributed by atoms with E-state index in [1.165, 1.54) is 29.5 Å². The second-order valence-corrected chi connectivity index (χ2v) is 7.05. The summed E-state index contributed by atoms with van der Waals surface area (Å²) in [5.74, 6) is -0.790. The molecular weight excluding hydrogens is 341 g/mol. The van der Waals surface area contributed by atoms with Crippen LogP contribution in [0.4, 0.5) is 9.52 Å². The molecule has 130 valence electrons. The summed E-state index contributed by atoms with van der Waals surface area (Å²) in [6, 6.07) is 6.45. The summed E-state index contributed by atoms with van der Waals surface area (Å²) in [7, 11) is 0. The average Bonchev–Trinajstić information content (AvgIpc) is 2.85. The molecule has 2 aromatic rings. The first-order valence-corrected chi connectivity index (χ1v) is 8.71. The molecule has 0 unspecified atom stereocenters. The predicted octanol–water partition coefficient (Wildman–Crippen LogP) is 2.76. The van der Waals surface area contributed by atoms with Crippen molar-refractivity contribution in [2.45, 2.75) is 13.3 Å². The largest absolute Gasteiger partial charge is 0.337 e. The van der Waals surface area contributed by atoms with Gasteiger partial charge in [0.15, 0.2) is 5.13 Å². The number of hydrogen-bond donors (Lipinski definition) is 1. The van der Waals surface area contributed by atoms with Crippen molar-refractivity contribution in [3.05, 3.63) is 58.9 Å². The molecule has 1 fully saturated rings. The van der Waals surface area contributed by atoms with Crippen LogP contribution in [-0.4, -0.2) is 34.8 Å². The number of aromatic nitrogens is 1. The first kappa shape index (κ1) is 17.3. The molecular formula is C18H18FN3O2S. The maximum atomic E-state index is 13.3. The topological polar surface area (TPSA) is 62.3 Å². The first-order valence-electron chi connectivity index (χ1n) is 7.89. The molecule has 0 spiro atoms. The summed E-state index contributed by atoms with van der Waals surface area (Å²) in [5, 5.41) is 3.34. The van der Waals surface area contributed by atoms with E-state index in [-0.39, 0.29) is 23.5 Å². The summed E-state index contributed by atoms with van der Waals surface area (Å²) >= 11 is 1.39. The van der Waals surface area contributed by atoms with Gasteiger partial charge in [0.25, 0.3) is 0 Å². The Morgan fingerprint density at radius 3 is 2.92 bits per heavy atom. The molecule has 1 saturated heterocycles. The molecule has 5 nitrogen and oxygen atoms in total. The third-order valence-corrected chi connectivity index (χ3v) is 5.19. The van der Waals surface area contributed by atoms with Crippen molar-refractivity contribution in [3.8, 4) is 0 Å². The zero-order chi connectivity index (χ0) is 18.0. The maximum absolute atomic E-state index is 13.3. The average molecular weight is 359 g/mol. The van der Waals surface area contributed by atoms with Crippen LogP contribution in [0.15, 0.2) is 36.9 Å². The number of benzene rings is 1. The van der Waals surface area contributed by atoms with Crippen LogP contribution in [0, 0.1) is 18.7 Å². The van der Waals surface area contributed by atoms with Gasteiger partial charge in [0.05, 0.1) is 11.6 Å². The van der Waals surface area contributed by atoms with Crippen LogP contribution in [0.5, 0.6) is 0 Å². The second-order valence-electron chi connectivity index (χ2n) is 5.97. The van der Waals surface area contributed by atoms with Crippen LogP contribution in [0.3, 0.4) is 0 Å². The van der Waals surface area contributed by atoms with Gasteiger partial charge in [-0.15, -0.1) is 11.3 Å². The number of nitrogens with zero attached hydrogens (tertiary/aromatic N) is 2. The van der Waals surface area contributed by atoms with Crippen LogP contribution < -0.4 is 5.32 Å². The van der Waals surface area contributed by atoms with Gasteiger partial charge in [-0.25, -0.2) is 9.37 Å². The molecule has 0 atom stereocenters. The van der Waals surface area contributed by atoms with E-state index in [9.17, 15) is 14.0 Å². The third-order valence-electron chi connectivity index (χ3n) is 4.12. The number of thiazole rings is 1. The first-order chi connectivity index (χ1) is 12.0. The van der Waals surface area contributed by atoms with Crippen molar-refractivity contribution in [2.75, 3.05) is 18.4 Å². The van der Waals surface area contributed by atoms with Crippen LogP contribution in [0.25, 0.3) is 0 Å². The number of amides is 2. The van der Waals surface area contributed by atoms with Crippen molar-refractivity contribution in [3.63, 3.8) is 0 Å². The monoisotopic (exact) mass is 359 g/mol. The lowest BCUT2D eigenvalue weighted by atomic mass is 9.99. The van der Waals surface area contributed by atoms with Crippen molar-refractivity contribution in [2.24, 2.45) is 5.92 Å². The molecule has 2 heterocycles. The Morgan fingerprint density at radius 1 is 1.48 bits per heavy atom. The van der Waals surface area contributed by atoms with Crippen LogP contribution in [0.2, 0.25) is 0 Å². The Balaban J connectivity index is 1.60. The van der Waals surface area contributed by atoms with Crippen LogP contribution >= 0.6 is 11.3 Å².